The Hall–Kier alpha value is -3.68. The summed E-state index contributed by atoms with van der Waals surface area (Å²) in [6.07, 6.45) is 5.46. The normalized spacial score (nSPS) is 11.4. The molecule has 0 spiro atoms. The van der Waals surface area contributed by atoms with E-state index < -0.39 is 11.7 Å². The molecule has 0 aliphatic rings. The van der Waals surface area contributed by atoms with Gasteiger partial charge in [0.2, 0.25) is 5.76 Å². The molecule has 1 amide bonds. The molecule has 0 fully saturated rings. The Kier molecular flexibility index (Phi) is 6.86. The number of carbonyl (C=O) groups excluding carboxylic acids is 1. The monoisotopic (exact) mass is 383 g/mol. The third-order valence-corrected chi connectivity index (χ3v) is 3.57. The van der Waals surface area contributed by atoms with Crippen molar-refractivity contribution in [2.24, 2.45) is 16.5 Å². The molecule has 5 N–H and O–H groups in total. The maximum absolute atomic E-state index is 14.2. The quantitative estimate of drug-likeness (QED) is 0.462. The molecule has 0 bridgehead atoms. The highest BCUT2D eigenvalue weighted by molar-refractivity contribution is 6.11. The van der Waals surface area contributed by atoms with Gasteiger partial charge in [0.25, 0.3) is 0 Å². The fourth-order valence-corrected chi connectivity index (χ4v) is 2.38. The van der Waals surface area contributed by atoms with E-state index in [4.69, 9.17) is 15.9 Å². The van der Waals surface area contributed by atoms with Crippen LogP contribution < -0.4 is 16.8 Å². The molecule has 1 aromatic carbocycles. The first-order valence-corrected chi connectivity index (χ1v) is 8.66. The fourth-order valence-electron chi connectivity index (χ4n) is 2.38. The van der Waals surface area contributed by atoms with Gasteiger partial charge in [-0.2, -0.15) is 4.99 Å². The highest BCUT2D eigenvalue weighted by Gasteiger charge is 2.22. The maximum atomic E-state index is 14.2. The third-order valence-electron chi connectivity index (χ3n) is 3.57. The zero-order valence-electron chi connectivity index (χ0n) is 15.9. The lowest BCUT2D eigenvalue weighted by Crippen LogP contribution is -2.12. The largest absolute Gasteiger partial charge is 0.448 e. The molecule has 3 aromatic rings. The molecule has 2 aromatic heterocycles. The molecule has 0 radical (unpaired) electrons. The highest BCUT2D eigenvalue weighted by atomic mass is 19.1. The lowest BCUT2D eigenvalue weighted by molar-refractivity contribution is 0.0980. The Morgan fingerprint density at radius 1 is 1.32 bits per heavy atom. The van der Waals surface area contributed by atoms with Gasteiger partial charge in [0.1, 0.15) is 22.9 Å². The van der Waals surface area contributed by atoms with Crippen LogP contribution in [0.2, 0.25) is 0 Å². The van der Waals surface area contributed by atoms with Gasteiger partial charge in [0.15, 0.2) is 0 Å². The van der Waals surface area contributed by atoms with Gasteiger partial charge >= 0.3 is 5.91 Å². The van der Waals surface area contributed by atoms with Gasteiger partial charge in [-0.1, -0.05) is 19.9 Å². The predicted molar refractivity (Wildman–Crippen MR) is 109 cm³/mol. The lowest BCUT2D eigenvalue weighted by atomic mass is 10.2. The number of amides is 1. The molecule has 8 heteroatoms. The molecule has 0 atom stereocenters. The number of pyridine rings is 1. The van der Waals surface area contributed by atoms with Crippen molar-refractivity contribution in [2.45, 2.75) is 20.8 Å². The molecule has 3 rings (SSSR count). The summed E-state index contributed by atoms with van der Waals surface area (Å²) in [5.41, 5.74) is 12.4. The van der Waals surface area contributed by atoms with E-state index in [0.717, 1.165) is 11.8 Å². The smallest absolute Gasteiger partial charge is 0.316 e. The van der Waals surface area contributed by atoms with Gasteiger partial charge in [-0.15, -0.1) is 0 Å². The van der Waals surface area contributed by atoms with E-state index in [1.54, 1.807) is 25.1 Å². The summed E-state index contributed by atoms with van der Waals surface area (Å²) in [6, 6.07) is 6.29. The molecule has 28 heavy (non-hydrogen) atoms. The minimum atomic E-state index is -0.730. The number of nitrogens with one attached hydrogen (secondary N) is 1. The topological polar surface area (TPSA) is 120 Å². The van der Waals surface area contributed by atoms with Crippen molar-refractivity contribution in [3.63, 3.8) is 0 Å². The van der Waals surface area contributed by atoms with Crippen molar-refractivity contribution in [3.8, 4) is 0 Å². The fraction of sp³-hybridized carbons (Fsp3) is 0.150. The van der Waals surface area contributed by atoms with Gasteiger partial charge in [-0.05, 0) is 43.0 Å². The number of aryl methyl sites for hydroxylation is 1. The van der Waals surface area contributed by atoms with Crippen LogP contribution in [0.15, 0.2) is 58.3 Å². The zero-order valence-corrected chi connectivity index (χ0v) is 15.9. The molecule has 7 nitrogen and oxygen atoms in total. The molecule has 2 heterocycles. The number of nitrogens with zero attached hydrogens (tertiary/aromatic N) is 2. The van der Waals surface area contributed by atoms with Crippen molar-refractivity contribution >= 4 is 34.1 Å². The van der Waals surface area contributed by atoms with Crippen LogP contribution in [-0.2, 0) is 0 Å². The second-order valence-electron chi connectivity index (χ2n) is 5.49. The third kappa shape index (κ3) is 4.53. The van der Waals surface area contributed by atoms with E-state index in [-0.39, 0.29) is 23.0 Å². The van der Waals surface area contributed by atoms with E-state index in [0.29, 0.717) is 11.0 Å². The number of aromatic nitrogens is 1. The van der Waals surface area contributed by atoms with Crippen LogP contribution in [-0.4, -0.2) is 16.7 Å². The Labute approximate surface area is 162 Å². The van der Waals surface area contributed by atoms with E-state index in [9.17, 15) is 9.18 Å². The zero-order chi connectivity index (χ0) is 20.7. The van der Waals surface area contributed by atoms with Crippen LogP contribution in [0.25, 0.3) is 11.0 Å². The Morgan fingerprint density at radius 2 is 2.07 bits per heavy atom. The van der Waals surface area contributed by atoms with Gasteiger partial charge in [-0.25, -0.2) is 4.39 Å². The van der Waals surface area contributed by atoms with Crippen LogP contribution in [0.4, 0.5) is 15.8 Å². The number of hydrogen-bond donors (Lipinski definition) is 3. The van der Waals surface area contributed by atoms with Crippen molar-refractivity contribution in [1.29, 1.82) is 0 Å². The number of halogens is 1. The first-order chi connectivity index (χ1) is 13.5. The van der Waals surface area contributed by atoms with Crippen molar-refractivity contribution in [3.05, 3.63) is 66.1 Å². The van der Waals surface area contributed by atoms with E-state index >= 15 is 0 Å². The second kappa shape index (κ2) is 9.31. The Balaban J connectivity index is 0.00000136. The summed E-state index contributed by atoms with van der Waals surface area (Å²) < 4.78 is 19.8. The number of fused-ring (bicyclic) bond motifs is 1. The molecule has 0 unspecified atom stereocenters. The number of carbonyl (C=O) groups is 1. The molecule has 0 aliphatic heterocycles. The van der Waals surface area contributed by atoms with Crippen molar-refractivity contribution in [2.75, 3.05) is 5.32 Å². The molecule has 0 saturated heterocycles. The summed E-state index contributed by atoms with van der Waals surface area (Å²) in [5, 5.41) is 3.41. The first-order valence-electron chi connectivity index (χ1n) is 8.66. The van der Waals surface area contributed by atoms with E-state index in [1.165, 1.54) is 24.5 Å². The summed E-state index contributed by atoms with van der Waals surface area (Å²) >= 11 is 0. The SMILES string of the molecule is CC.Cc1ccc(Nc2c(C(=O)N=C(N)/C=C\N)oc3ccncc23)c(F)c1. The number of rotatable bonds is 4. The van der Waals surface area contributed by atoms with Gasteiger partial charge in [-0.3, -0.25) is 9.78 Å². The molecular formula is C20H22FN5O2. The number of furan rings is 1. The molecule has 0 aliphatic carbocycles. The summed E-state index contributed by atoms with van der Waals surface area (Å²) in [6.45, 7) is 5.78. The number of hydrogen-bond acceptors (Lipinski definition) is 5. The predicted octanol–water partition coefficient (Wildman–Crippen LogP) is 4.01. The Bertz CT molecular complexity index is 1040. The van der Waals surface area contributed by atoms with Crippen LogP contribution >= 0.6 is 0 Å². The molecule has 0 saturated carbocycles. The van der Waals surface area contributed by atoms with Gasteiger partial charge < -0.3 is 21.2 Å². The van der Waals surface area contributed by atoms with E-state index in [2.05, 4.69) is 15.3 Å². The molecule has 146 valence electrons. The highest BCUT2D eigenvalue weighted by Crippen LogP contribution is 2.34. The first kappa shape index (κ1) is 20.6. The van der Waals surface area contributed by atoms with Crippen molar-refractivity contribution < 1.29 is 13.6 Å². The number of benzene rings is 1. The maximum Gasteiger partial charge on any atom is 0.316 e. The average Bonchev–Trinajstić information content (AvgIpc) is 3.04. The van der Waals surface area contributed by atoms with Crippen LogP contribution in [0, 0.1) is 12.7 Å². The van der Waals surface area contributed by atoms with Crippen LogP contribution in [0.1, 0.15) is 30.0 Å². The Morgan fingerprint density at radius 3 is 2.75 bits per heavy atom. The number of nitrogens with two attached hydrogens (primary N) is 2. The summed E-state index contributed by atoms with van der Waals surface area (Å²) in [4.78, 5) is 20.2. The van der Waals surface area contributed by atoms with Crippen LogP contribution in [0.3, 0.4) is 0 Å². The average molecular weight is 383 g/mol. The minimum absolute atomic E-state index is 0.0800. The standard InChI is InChI=1S/C18H16FN5O2.C2H6/c1-10-2-3-13(12(19)8-10)23-16-11-9-22-7-5-14(11)26-17(16)18(25)24-15(21)4-6-20;1-2/h2-9,23H,20H2,1H3,(H2,21,24,25);1-2H3/b6-4-;. The van der Waals surface area contributed by atoms with Crippen LogP contribution in [0.5, 0.6) is 0 Å². The van der Waals surface area contributed by atoms with Gasteiger partial charge in [0.05, 0.1) is 11.1 Å². The van der Waals surface area contributed by atoms with Gasteiger partial charge in [0, 0.05) is 12.4 Å². The summed E-state index contributed by atoms with van der Waals surface area (Å²) in [5.74, 6) is -1.38. The number of aliphatic imine (C=N–C) groups is 1. The number of anilines is 2. The second-order valence-corrected chi connectivity index (χ2v) is 5.49. The minimum Gasteiger partial charge on any atom is -0.448 e. The van der Waals surface area contributed by atoms with E-state index in [1.807, 2.05) is 13.8 Å². The summed E-state index contributed by atoms with van der Waals surface area (Å²) in [7, 11) is 0. The van der Waals surface area contributed by atoms with Crippen molar-refractivity contribution in [1.82, 2.24) is 4.98 Å². The molecular weight excluding hydrogens is 361 g/mol. The lowest BCUT2D eigenvalue weighted by Gasteiger charge is -2.08. The number of amidine groups is 1.